The van der Waals surface area contributed by atoms with Crippen LogP contribution in [0.25, 0.3) is 10.4 Å². The van der Waals surface area contributed by atoms with Gasteiger partial charge in [0.15, 0.2) is 0 Å². The summed E-state index contributed by atoms with van der Waals surface area (Å²) in [5, 5.41) is 4.73. The van der Waals surface area contributed by atoms with E-state index in [0.717, 1.165) is 19.0 Å². The number of hydrogen-bond acceptors (Lipinski definition) is 3. The molecule has 1 aliphatic carbocycles. The number of hydrogen-bond donors (Lipinski definition) is 1. The Kier molecular flexibility index (Phi) is 3.43. The lowest BCUT2D eigenvalue weighted by molar-refractivity contribution is 0.713. The van der Waals surface area contributed by atoms with E-state index >= 15 is 0 Å². The van der Waals surface area contributed by atoms with Gasteiger partial charge in [0.2, 0.25) is 0 Å². The van der Waals surface area contributed by atoms with E-state index in [1.54, 1.807) is 0 Å². The molecule has 1 aliphatic rings. The van der Waals surface area contributed by atoms with E-state index in [4.69, 9.17) is 4.98 Å². The molecule has 0 saturated heterocycles. The van der Waals surface area contributed by atoms with Crippen molar-refractivity contribution in [3.05, 3.63) is 41.0 Å². The maximum atomic E-state index is 4.84. The Hall–Kier alpha value is -1.19. The fourth-order valence-corrected chi connectivity index (χ4v) is 3.31. The van der Waals surface area contributed by atoms with Crippen molar-refractivity contribution >= 4 is 11.3 Å². The lowest BCUT2D eigenvalue weighted by Gasteiger charge is -2.02. The van der Waals surface area contributed by atoms with Gasteiger partial charge >= 0.3 is 0 Å². The second-order valence-electron chi connectivity index (χ2n) is 4.75. The average Bonchev–Trinajstić information content (AvgIpc) is 3.18. The minimum atomic E-state index is 0.743. The number of thiazole rings is 1. The van der Waals surface area contributed by atoms with Crippen molar-refractivity contribution in [2.24, 2.45) is 0 Å². The molecular formula is C15H18N2S. The van der Waals surface area contributed by atoms with Gasteiger partial charge in [0.25, 0.3) is 0 Å². The van der Waals surface area contributed by atoms with Gasteiger partial charge < -0.3 is 5.32 Å². The molecule has 1 aromatic heterocycles. The normalized spacial score (nSPS) is 14.9. The maximum absolute atomic E-state index is 4.84. The summed E-state index contributed by atoms with van der Waals surface area (Å²) in [6.07, 6.45) is 2.64. The van der Waals surface area contributed by atoms with E-state index in [9.17, 15) is 0 Å². The highest BCUT2D eigenvalue weighted by Gasteiger charge is 2.28. The summed E-state index contributed by atoms with van der Waals surface area (Å²) in [4.78, 5) is 6.19. The third-order valence-electron chi connectivity index (χ3n) is 3.22. The molecule has 0 unspecified atom stereocenters. The maximum Gasteiger partial charge on any atom is 0.0966 e. The van der Waals surface area contributed by atoms with Gasteiger partial charge in [-0.15, -0.1) is 11.3 Å². The highest BCUT2D eigenvalue weighted by Crippen LogP contribution is 2.44. The Labute approximate surface area is 112 Å². The molecular weight excluding hydrogens is 240 g/mol. The Morgan fingerprint density at radius 2 is 2.06 bits per heavy atom. The lowest BCUT2D eigenvalue weighted by atomic mass is 10.1. The molecule has 2 nitrogen and oxygen atoms in total. The zero-order chi connectivity index (χ0) is 12.4. The number of benzene rings is 1. The van der Waals surface area contributed by atoms with Crippen molar-refractivity contribution in [2.75, 3.05) is 6.54 Å². The monoisotopic (exact) mass is 258 g/mol. The SMILES string of the molecule is CCNCc1nc(C2CC2)sc1-c1ccccc1. The smallest absolute Gasteiger partial charge is 0.0966 e. The zero-order valence-corrected chi connectivity index (χ0v) is 11.5. The van der Waals surface area contributed by atoms with E-state index in [1.165, 1.54) is 34.0 Å². The molecule has 0 aliphatic heterocycles. The summed E-state index contributed by atoms with van der Waals surface area (Å²) in [7, 11) is 0. The third-order valence-corrected chi connectivity index (χ3v) is 4.53. The molecule has 1 aromatic carbocycles. The Balaban J connectivity index is 1.95. The number of aromatic nitrogens is 1. The molecule has 18 heavy (non-hydrogen) atoms. The summed E-state index contributed by atoms with van der Waals surface area (Å²) < 4.78 is 0. The first-order valence-corrected chi connectivity index (χ1v) is 7.46. The van der Waals surface area contributed by atoms with Gasteiger partial charge in [-0.25, -0.2) is 4.98 Å². The van der Waals surface area contributed by atoms with Gasteiger partial charge in [-0.05, 0) is 24.9 Å². The van der Waals surface area contributed by atoms with Gasteiger partial charge in [-0.3, -0.25) is 0 Å². The second-order valence-corrected chi connectivity index (χ2v) is 5.78. The second kappa shape index (κ2) is 5.21. The Bertz CT molecular complexity index is 515. The van der Waals surface area contributed by atoms with Crippen LogP contribution < -0.4 is 5.32 Å². The van der Waals surface area contributed by atoms with Crippen LogP contribution in [0.5, 0.6) is 0 Å². The van der Waals surface area contributed by atoms with Gasteiger partial charge in [0, 0.05) is 12.5 Å². The van der Waals surface area contributed by atoms with Crippen molar-refractivity contribution in [1.29, 1.82) is 0 Å². The quantitative estimate of drug-likeness (QED) is 0.882. The molecule has 3 rings (SSSR count). The van der Waals surface area contributed by atoms with Crippen LogP contribution in [0.15, 0.2) is 30.3 Å². The third kappa shape index (κ3) is 2.47. The lowest BCUT2D eigenvalue weighted by Crippen LogP contribution is -2.12. The molecule has 2 aromatic rings. The van der Waals surface area contributed by atoms with Crippen LogP contribution in [0.3, 0.4) is 0 Å². The minimum Gasteiger partial charge on any atom is -0.311 e. The van der Waals surface area contributed by atoms with E-state index < -0.39 is 0 Å². The van der Waals surface area contributed by atoms with Gasteiger partial charge in [0.05, 0.1) is 15.6 Å². The van der Waals surface area contributed by atoms with Crippen LogP contribution in [-0.4, -0.2) is 11.5 Å². The van der Waals surface area contributed by atoms with Crippen molar-refractivity contribution in [3.8, 4) is 10.4 Å². The van der Waals surface area contributed by atoms with Gasteiger partial charge in [-0.1, -0.05) is 37.3 Å². The molecule has 1 saturated carbocycles. The van der Waals surface area contributed by atoms with Crippen molar-refractivity contribution in [1.82, 2.24) is 10.3 Å². The Morgan fingerprint density at radius 3 is 2.72 bits per heavy atom. The van der Waals surface area contributed by atoms with Crippen molar-refractivity contribution < 1.29 is 0 Å². The number of nitrogens with one attached hydrogen (secondary N) is 1. The molecule has 3 heteroatoms. The topological polar surface area (TPSA) is 24.9 Å². The summed E-state index contributed by atoms with van der Waals surface area (Å²) in [6.45, 7) is 4.00. The predicted molar refractivity (Wildman–Crippen MR) is 76.9 cm³/mol. The van der Waals surface area contributed by atoms with Crippen molar-refractivity contribution in [3.63, 3.8) is 0 Å². The first kappa shape index (κ1) is 11.9. The van der Waals surface area contributed by atoms with Crippen LogP contribution in [0.1, 0.15) is 36.4 Å². The zero-order valence-electron chi connectivity index (χ0n) is 10.6. The first-order chi connectivity index (χ1) is 8.88. The summed E-state index contributed by atoms with van der Waals surface area (Å²) >= 11 is 1.88. The van der Waals surface area contributed by atoms with Crippen LogP contribution in [0.4, 0.5) is 0 Å². The molecule has 0 bridgehead atoms. The molecule has 0 amide bonds. The standard InChI is InChI=1S/C15H18N2S/c1-2-16-10-13-14(11-6-4-3-5-7-11)18-15(17-13)12-8-9-12/h3-7,12,16H,2,8-10H2,1H3. The summed E-state index contributed by atoms with van der Waals surface area (Å²) in [6, 6.07) is 10.6. The van der Waals surface area contributed by atoms with E-state index in [-0.39, 0.29) is 0 Å². The van der Waals surface area contributed by atoms with Crippen LogP contribution in [0.2, 0.25) is 0 Å². The highest BCUT2D eigenvalue weighted by molar-refractivity contribution is 7.15. The van der Waals surface area contributed by atoms with Crippen LogP contribution >= 0.6 is 11.3 Å². The van der Waals surface area contributed by atoms with E-state index in [0.29, 0.717) is 0 Å². The fraction of sp³-hybridized carbons (Fsp3) is 0.400. The first-order valence-electron chi connectivity index (χ1n) is 6.64. The number of nitrogens with zero attached hydrogens (tertiary/aromatic N) is 1. The van der Waals surface area contributed by atoms with Crippen molar-refractivity contribution in [2.45, 2.75) is 32.2 Å². The molecule has 0 atom stereocenters. The molecule has 1 heterocycles. The average molecular weight is 258 g/mol. The molecule has 1 fully saturated rings. The van der Waals surface area contributed by atoms with Gasteiger partial charge in [-0.2, -0.15) is 0 Å². The van der Waals surface area contributed by atoms with Crippen LogP contribution in [0, 0.1) is 0 Å². The molecule has 0 spiro atoms. The molecule has 0 radical (unpaired) electrons. The van der Waals surface area contributed by atoms with Gasteiger partial charge in [0.1, 0.15) is 0 Å². The predicted octanol–water partition coefficient (Wildman–Crippen LogP) is 3.80. The van der Waals surface area contributed by atoms with Crippen LogP contribution in [-0.2, 0) is 6.54 Å². The Morgan fingerprint density at radius 1 is 1.28 bits per heavy atom. The number of rotatable bonds is 5. The molecule has 1 N–H and O–H groups in total. The van der Waals surface area contributed by atoms with E-state index in [1.807, 2.05) is 11.3 Å². The molecule has 94 valence electrons. The highest BCUT2D eigenvalue weighted by atomic mass is 32.1. The van der Waals surface area contributed by atoms with E-state index in [2.05, 4.69) is 42.6 Å². The minimum absolute atomic E-state index is 0.743. The summed E-state index contributed by atoms with van der Waals surface area (Å²) in [5.74, 6) is 0.743. The largest absolute Gasteiger partial charge is 0.311 e. The summed E-state index contributed by atoms with van der Waals surface area (Å²) in [5.41, 5.74) is 2.52. The fourth-order valence-electron chi connectivity index (χ4n) is 2.05.